The number of hydrogen-bond donors (Lipinski definition) is 1. The molecule has 0 fully saturated rings. The van der Waals surface area contributed by atoms with E-state index in [9.17, 15) is 0 Å². The van der Waals surface area contributed by atoms with E-state index >= 15 is 0 Å². The Bertz CT molecular complexity index is 56.4. The summed E-state index contributed by atoms with van der Waals surface area (Å²) in [5.41, 5.74) is 5.81. The van der Waals surface area contributed by atoms with Crippen molar-refractivity contribution in [2.24, 2.45) is 11.1 Å². The van der Waals surface area contributed by atoms with E-state index in [1.54, 1.807) is 0 Å². The third-order valence-electron chi connectivity index (χ3n) is 1.13. The van der Waals surface area contributed by atoms with Crippen LogP contribution in [0.2, 0.25) is 0 Å². The molecular formula is C7H19NO. The molecule has 0 aromatic heterocycles. The lowest BCUT2D eigenvalue weighted by atomic mass is 9.91. The molecule has 0 saturated heterocycles. The van der Waals surface area contributed by atoms with Gasteiger partial charge in [0.25, 0.3) is 0 Å². The second kappa shape index (κ2) is 4.77. The van der Waals surface area contributed by atoms with Crippen LogP contribution < -0.4 is 5.73 Å². The van der Waals surface area contributed by atoms with Crippen LogP contribution in [0.25, 0.3) is 0 Å². The number of nitrogens with two attached hydrogens (primary N) is 1. The van der Waals surface area contributed by atoms with Gasteiger partial charge in [-0.15, -0.1) is 0 Å². The van der Waals surface area contributed by atoms with Gasteiger partial charge in [0.15, 0.2) is 0 Å². The summed E-state index contributed by atoms with van der Waals surface area (Å²) in [6, 6.07) is 0. The molecule has 0 saturated carbocycles. The fourth-order valence-corrected chi connectivity index (χ4v) is 0.632. The molecule has 2 heteroatoms. The number of hydrogen-bond acceptors (Lipinski definition) is 1. The highest BCUT2D eigenvalue weighted by atomic mass is 16.0. The molecule has 9 heavy (non-hydrogen) atoms. The maximum Gasteiger partial charge on any atom is -0.00771 e. The van der Waals surface area contributed by atoms with Gasteiger partial charge in [-0.1, -0.05) is 20.8 Å². The molecule has 0 rings (SSSR count). The lowest BCUT2D eigenvalue weighted by Gasteiger charge is -2.16. The first-order chi connectivity index (χ1) is 3.56. The molecule has 0 bridgehead atoms. The standard InChI is InChI=1S/C7H17N.H2O/c1-7(2,3)5-4-6-8;/h4-6,8H2,1-3H3;1H2. The summed E-state index contributed by atoms with van der Waals surface area (Å²) in [4.78, 5) is 0. The zero-order valence-corrected chi connectivity index (χ0v) is 6.70. The quantitative estimate of drug-likeness (QED) is 0.599. The monoisotopic (exact) mass is 133 g/mol. The minimum absolute atomic E-state index is 0. The van der Waals surface area contributed by atoms with Crippen molar-refractivity contribution in [3.05, 3.63) is 0 Å². The van der Waals surface area contributed by atoms with Gasteiger partial charge in [0.2, 0.25) is 0 Å². The lowest BCUT2D eigenvalue weighted by Crippen LogP contribution is -2.08. The fourth-order valence-electron chi connectivity index (χ4n) is 0.632. The molecule has 0 aliphatic rings. The predicted molar refractivity (Wildman–Crippen MR) is 41.4 cm³/mol. The van der Waals surface area contributed by atoms with Crippen molar-refractivity contribution in [3.8, 4) is 0 Å². The Morgan fingerprint density at radius 1 is 1.22 bits per heavy atom. The van der Waals surface area contributed by atoms with Crippen LogP contribution in [0.4, 0.5) is 0 Å². The summed E-state index contributed by atoms with van der Waals surface area (Å²) >= 11 is 0. The molecule has 58 valence electrons. The van der Waals surface area contributed by atoms with Crippen molar-refractivity contribution in [2.45, 2.75) is 33.6 Å². The fraction of sp³-hybridized carbons (Fsp3) is 1.00. The van der Waals surface area contributed by atoms with Gasteiger partial charge in [0, 0.05) is 0 Å². The normalized spacial score (nSPS) is 10.7. The molecule has 0 unspecified atom stereocenters. The van der Waals surface area contributed by atoms with Crippen molar-refractivity contribution in [1.82, 2.24) is 0 Å². The highest BCUT2D eigenvalue weighted by Crippen LogP contribution is 2.19. The van der Waals surface area contributed by atoms with Crippen molar-refractivity contribution < 1.29 is 5.48 Å². The van der Waals surface area contributed by atoms with E-state index < -0.39 is 0 Å². The van der Waals surface area contributed by atoms with Crippen LogP contribution in [0.1, 0.15) is 33.6 Å². The van der Waals surface area contributed by atoms with E-state index in [4.69, 9.17) is 5.73 Å². The van der Waals surface area contributed by atoms with Gasteiger partial charge in [-0.05, 0) is 24.8 Å². The maximum absolute atomic E-state index is 5.34. The highest BCUT2D eigenvalue weighted by molar-refractivity contribution is 4.60. The first-order valence-electron chi connectivity index (χ1n) is 3.26. The Labute approximate surface area is 57.7 Å². The van der Waals surface area contributed by atoms with E-state index in [0.717, 1.165) is 13.0 Å². The van der Waals surface area contributed by atoms with E-state index in [1.807, 2.05) is 0 Å². The minimum atomic E-state index is 0. The molecule has 0 radical (unpaired) electrons. The Hall–Kier alpha value is -0.0800. The summed E-state index contributed by atoms with van der Waals surface area (Å²) in [6.07, 6.45) is 2.40. The molecule has 0 aliphatic heterocycles. The summed E-state index contributed by atoms with van der Waals surface area (Å²) in [5.74, 6) is 0. The van der Waals surface area contributed by atoms with Gasteiger partial charge in [0.05, 0.1) is 0 Å². The zero-order valence-electron chi connectivity index (χ0n) is 6.70. The Balaban J connectivity index is 0. The highest BCUT2D eigenvalue weighted by Gasteiger charge is 2.07. The first-order valence-corrected chi connectivity index (χ1v) is 3.26. The van der Waals surface area contributed by atoms with Crippen LogP contribution >= 0.6 is 0 Å². The zero-order chi connectivity index (χ0) is 6.62. The van der Waals surface area contributed by atoms with Crippen molar-refractivity contribution in [1.29, 1.82) is 0 Å². The van der Waals surface area contributed by atoms with Gasteiger partial charge in [-0.3, -0.25) is 0 Å². The van der Waals surface area contributed by atoms with Crippen LogP contribution in [0.3, 0.4) is 0 Å². The topological polar surface area (TPSA) is 57.5 Å². The van der Waals surface area contributed by atoms with Gasteiger partial charge in [0.1, 0.15) is 0 Å². The molecular weight excluding hydrogens is 114 g/mol. The van der Waals surface area contributed by atoms with Gasteiger partial charge >= 0.3 is 0 Å². The van der Waals surface area contributed by atoms with E-state index in [-0.39, 0.29) is 5.48 Å². The molecule has 0 heterocycles. The minimum Gasteiger partial charge on any atom is -0.412 e. The molecule has 2 nitrogen and oxygen atoms in total. The van der Waals surface area contributed by atoms with Crippen molar-refractivity contribution >= 4 is 0 Å². The van der Waals surface area contributed by atoms with Gasteiger partial charge in [-0.2, -0.15) is 0 Å². The number of rotatable bonds is 2. The second-order valence-corrected chi connectivity index (χ2v) is 3.45. The molecule has 0 amide bonds. The molecule has 0 atom stereocenters. The average molecular weight is 133 g/mol. The largest absolute Gasteiger partial charge is 0.412 e. The second-order valence-electron chi connectivity index (χ2n) is 3.45. The van der Waals surface area contributed by atoms with Crippen molar-refractivity contribution in [2.75, 3.05) is 6.54 Å². The van der Waals surface area contributed by atoms with Crippen LogP contribution in [0.15, 0.2) is 0 Å². The van der Waals surface area contributed by atoms with E-state index in [2.05, 4.69) is 20.8 Å². The van der Waals surface area contributed by atoms with Crippen LogP contribution in [0, 0.1) is 5.41 Å². The van der Waals surface area contributed by atoms with Crippen LogP contribution in [-0.2, 0) is 0 Å². The molecule has 0 spiro atoms. The first kappa shape index (κ1) is 11.7. The van der Waals surface area contributed by atoms with Crippen LogP contribution in [0.5, 0.6) is 0 Å². The third kappa shape index (κ3) is 11.5. The lowest BCUT2D eigenvalue weighted by molar-refractivity contribution is 0.368. The Morgan fingerprint density at radius 2 is 1.67 bits per heavy atom. The smallest absolute Gasteiger partial charge is 0.00771 e. The Morgan fingerprint density at radius 3 is 1.78 bits per heavy atom. The summed E-state index contributed by atoms with van der Waals surface area (Å²) in [7, 11) is 0. The predicted octanol–water partition coefficient (Wildman–Crippen LogP) is 0.947. The van der Waals surface area contributed by atoms with Crippen LogP contribution in [-0.4, -0.2) is 12.0 Å². The average Bonchev–Trinajstić information content (AvgIpc) is 1.59. The molecule has 0 aromatic rings. The Kier molecular flexibility index (Phi) is 6.19. The third-order valence-corrected chi connectivity index (χ3v) is 1.13. The summed E-state index contributed by atoms with van der Waals surface area (Å²) in [6.45, 7) is 7.55. The molecule has 4 N–H and O–H groups in total. The summed E-state index contributed by atoms with van der Waals surface area (Å²) in [5, 5.41) is 0. The maximum atomic E-state index is 5.34. The van der Waals surface area contributed by atoms with Gasteiger partial charge < -0.3 is 11.2 Å². The van der Waals surface area contributed by atoms with E-state index in [1.165, 1.54) is 6.42 Å². The molecule has 0 aliphatic carbocycles. The van der Waals surface area contributed by atoms with E-state index in [0.29, 0.717) is 5.41 Å². The summed E-state index contributed by atoms with van der Waals surface area (Å²) < 4.78 is 0. The molecule has 0 aromatic carbocycles. The van der Waals surface area contributed by atoms with Gasteiger partial charge in [-0.25, -0.2) is 0 Å². The van der Waals surface area contributed by atoms with Crippen molar-refractivity contribution in [3.63, 3.8) is 0 Å². The SMILES string of the molecule is CC(C)(C)CCCN.O.